The van der Waals surface area contributed by atoms with Crippen molar-refractivity contribution < 1.29 is 17.9 Å². The van der Waals surface area contributed by atoms with Crippen LogP contribution in [0.3, 0.4) is 0 Å². The maximum atomic E-state index is 12.6. The Morgan fingerprint density at radius 3 is 2.52 bits per heavy atom. The van der Waals surface area contributed by atoms with Crippen LogP contribution >= 0.6 is 0 Å². The van der Waals surface area contributed by atoms with Crippen molar-refractivity contribution >= 4 is 21.6 Å². The predicted octanol–water partition coefficient (Wildman–Crippen LogP) is 2.80. The van der Waals surface area contributed by atoms with Crippen LogP contribution in [0.25, 0.3) is 0 Å². The van der Waals surface area contributed by atoms with Crippen molar-refractivity contribution in [1.29, 1.82) is 0 Å². The third kappa shape index (κ3) is 5.08. The number of sulfonamides is 1. The van der Waals surface area contributed by atoms with Crippen molar-refractivity contribution in [2.45, 2.75) is 26.3 Å². The van der Waals surface area contributed by atoms with Gasteiger partial charge in [0, 0.05) is 25.2 Å². The fourth-order valence-corrected chi connectivity index (χ4v) is 4.49. The van der Waals surface area contributed by atoms with Gasteiger partial charge in [0.2, 0.25) is 15.9 Å². The van der Waals surface area contributed by atoms with E-state index in [1.807, 2.05) is 31.2 Å². The predicted molar refractivity (Wildman–Crippen MR) is 105 cm³/mol. The zero-order chi connectivity index (χ0) is 19.3. The molecule has 1 amide bonds. The van der Waals surface area contributed by atoms with Gasteiger partial charge in [-0.05, 0) is 48.7 Å². The van der Waals surface area contributed by atoms with Crippen LogP contribution in [0.2, 0.25) is 0 Å². The van der Waals surface area contributed by atoms with Gasteiger partial charge in [-0.3, -0.25) is 4.79 Å². The normalized spacial score (nSPS) is 14.4. The smallest absolute Gasteiger partial charge is 0.225 e. The number of amides is 1. The molecule has 2 aromatic rings. The van der Waals surface area contributed by atoms with E-state index in [2.05, 4.69) is 5.32 Å². The van der Waals surface area contributed by atoms with E-state index in [1.54, 1.807) is 24.3 Å². The molecule has 0 fully saturated rings. The van der Waals surface area contributed by atoms with E-state index in [9.17, 15) is 13.2 Å². The molecule has 1 aliphatic rings. The van der Waals surface area contributed by atoms with E-state index < -0.39 is 10.0 Å². The lowest BCUT2D eigenvalue weighted by atomic mass is 10.0. The molecule has 7 heteroatoms. The molecule has 0 radical (unpaired) electrons. The summed E-state index contributed by atoms with van der Waals surface area (Å²) in [6.45, 7) is 3.31. The number of ether oxygens (including phenoxy) is 1. The zero-order valence-electron chi connectivity index (χ0n) is 15.3. The first-order valence-corrected chi connectivity index (χ1v) is 10.7. The van der Waals surface area contributed by atoms with Gasteiger partial charge in [-0.25, -0.2) is 8.42 Å². The molecule has 0 aromatic heterocycles. The van der Waals surface area contributed by atoms with E-state index in [-0.39, 0.29) is 18.1 Å². The van der Waals surface area contributed by atoms with Gasteiger partial charge >= 0.3 is 0 Å². The molecular formula is C20H24N2O4S. The Kier molecular flexibility index (Phi) is 6.13. The number of benzene rings is 2. The van der Waals surface area contributed by atoms with E-state index in [1.165, 1.54) is 9.87 Å². The van der Waals surface area contributed by atoms with Crippen molar-refractivity contribution in [3.8, 4) is 5.75 Å². The Labute approximate surface area is 160 Å². The first-order valence-electron chi connectivity index (χ1n) is 9.05. The van der Waals surface area contributed by atoms with Crippen LogP contribution < -0.4 is 10.1 Å². The molecule has 0 atom stereocenters. The van der Waals surface area contributed by atoms with Gasteiger partial charge in [-0.15, -0.1) is 0 Å². The topological polar surface area (TPSA) is 75.7 Å². The van der Waals surface area contributed by atoms with Crippen LogP contribution in [0.4, 0.5) is 5.69 Å². The Bertz CT molecular complexity index is 894. The fourth-order valence-electron chi connectivity index (χ4n) is 3.08. The van der Waals surface area contributed by atoms with Gasteiger partial charge in [-0.2, -0.15) is 4.31 Å². The molecular weight excluding hydrogens is 364 g/mol. The highest BCUT2D eigenvalue weighted by atomic mass is 32.2. The monoisotopic (exact) mass is 388 g/mol. The number of carbonyl (C=O) groups is 1. The molecule has 0 saturated heterocycles. The van der Waals surface area contributed by atoms with Gasteiger partial charge < -0.3 is 10.1 Å². The quantitative estimate of drug-likeness (QED) is 0.791. The van der Waals surface area contributed by atoms with E-state index in [0.717, 1.165) is 11.3 Å². The summed E-state index contributed by atoms with van der Waals surface area (Å²) < 4.78 is 32.0. The third-order valence-corrected chi connectivity index (χ3v) is 6.34. The lowest BCUT2D eigenvalue weighted by Gasteiger charge is -2.28. The average Bonchev–Trinajstić information content (AvgIpc) is 2.68. The SMILES string of the molecule is CCOc1ccc(NC(=O)CCS(=O)(=O)N2CCc3ccccc3C2)cc1. The average molecular weight is 388 g/mol. The van der Waals surface area contributed by atoms with Crippen LogP contribution in [0.15, 0.2) is 48.5 Å². The molecule has 0 saturated carbocycles. The molecule has 0 unspecified atom stereocenters. The molecule has 6 nitrogen and oxygen atoms in total. The second-order valence-corrected chi connectivity index (χ2v) is 8.51. The minimum atomic E-state index is -3.47. The molecule has 0 spiro atoms. The van der Waals surface area contributed by atoms with Crippen LogP contribution in [-0.4, -0.2) is 37.5 Å². The maximum Gasteiger partial charge on any atom is 0.225 e. The van der Waals surface area contributed by atoms with Gasteiger partial charge in [0.25, 0.3) is 0 Å². The molecule has 0 bridgehead atoms. The first kappa shape index (κ1) is 19.4. The lowest BCUT2D eigenvalue weighted by Crippen LogP contribution is -2.38. The molecule has 144 valence electrons. The minimum absolute atomic E-state index is 0.0757. The number of hydrogen-bond donors (Lipinski definition) is 1. The van der Waals surface area contributed by atoms with Crippen molar-refractivity contribution in [1.82, 2.24) is 4.31 Å². The zero-order valence-corrected chi connectivity index (χ0v) is 16.2. The molecule has 1 heterocycles. The third-order valence-electron chi connectivity index (χ3n) is 4.53. The number of nitrogens with zero attached hydrogens (tertiary/aromatic N) is 1. The van der Waals surface area contributed by atoms with Crippen molar-refractivity contribution in [3.05, 3.63) is 59.7 Å². The number of nitrogens with one attached hydrogen (secondary N) is 1. The second-order valence-electron chi connectivity index (χ2n) is 6.42. The number of rotatable bonds is 7. The largest absolute Gasteiger partial charge is 0.494 e. The highest BCUT2D eigenvalue weighted by Crippen LogP contribution is 2.21. The van der Waals surface area contributed by atoms with Gasteiger partial charge in [0.15, 0.2) is 0 Å². The van der Waals surface area contributed by atoms with E-state index in [0.29, 0.717) is 31.8 Å². The standard InChI is InChI=1S/C20H24N2O4S/c1-2-26-19-9-7-18(8-10-19)21-20(23)12-14-27(24,25)22-13-11-16-5-3-4-6-17(16)15-22/h3-10H,2,11-15H2,1H3,(H,21,23). The van der Waals surface area contributed by atoms with E-state index in [4.69, 9.17) is 4.74 Å². The molecule has 1 N–H and O–H groups in total. The van der Waals surface area contributed by atoms with Crippen molar-refractivity contribution in [2.75, 3.05) is 24.2 Å². The Hall–Kier alpha value is -2.38. The van der Waals surface area contributed by atoms with Crippen LogP contribution in [0.5, 0.6) is 5.75 Å². The van der Waals surface area contributed by atoms with Crippen molar-refractivity contribution in [2.24, 2.45) is 0 Å². The molecule has 27 heavy (non-hydrogen) atoms. The summed E-state index contributed by atoms with van der Waals surface area (Å²) >= 11 is 0. The number of fused-ring (bicyclic) bond motifs is 1. The van der Waals surface area contributed by atoms with Gasteiger partial charge in [0.1, 0.15) is 5.75 Å². The maximum absolute atomic E-state index is 12.6. The summed E-state index contributed by atoms with van der Waals surface area (Å²) in [5.74, 6) is 0.210. The number of carbonyl (C=O) groups excluding carboxylic acids is 1. The highest BCUT2D eigenvalue weighted by Gasteiger charge is 2.26. The summed E-state index contributed by atoms with van der Waals surface area (Å²) in [4.78, 5) is 12.1. The lowest BCUT2D eigenvalue weighted by molar-refractivity contribution is -0.115. The second kappa shape index (κ2) is 8.54. The van der Waals surface area contributed by atoms with Crippen LogP contribution in [0, 0.1) is 0 Å². The Morgan fingerprint density at radius 1 is 1.11 bits per heavy atom. The van der Waals surface area contributed by atoms with Crippen LogP contribution in [0.1, 0.15) is 24.5 Å². The van der Waals surface area contributed by atoms with Crippen LogP contribution in [-0.2, 0) is 27.8 Å². The molecule has 3 rings (SSSR count). The molecule has 0 aliphatic carbocycles. The Morgan fingerprint density at radius 2 is 1.81 bits per heavy atom. The van der Waals surface area contributed by atoms with E-state index >= 15 is 0 Å². The summed E-state index contributed by atoms with van der Waals surface area (Å²) in [6.07, 6.45) is 0.626. The summed E-state index contributed by atoms with van der Waals surface area (Å²) in [5, 5.41) is 2.72. The summed E-state index contributed by atoms with van der Waals surface area (Å²) in [7, 11) is -3.47. The summed E-state index contributed by atoms with van der Waals surface area (Å²) in [6, 6.07) is 14.9. The van der Waals surface area contributed by atoms with Gasteiger partial charge in [-0.1, -0.05) is 24.3 Å². The Balaban J connectivity index is 1.53. The summed E-state index contributed by atoms with van der Waals surface area (Å²) in [5.41, 5.74) is 2.84. The first-order chi connectivity index (χ1) is 13.0. The molecule has 1 aliphatic heterocycles. The van der Waals surface area contributed by atoms with Crippen molar-refractivity contribution in [3.63, 3.8) is 0 Å². The van der Waals surface area contributed by atoms with Gasteiger partial charge in [0.05, 0.1) is 12.4 Å². The number of anilines is 1. The fraction of sp³-hybridized carbons (Fsp3) is 0.350. The minimum Gasteiger partial charge on any atom is -0.494 e. The molecule has 2 aromatic carbocycles. The number of hydrogen-bond acceptors (Lipinski definition) is 4. The highest BCUT2D eigenvalue weighted by molar-refractivity contribution is 7.89.